The molecule has 2 aliphatic carbocycles. The monoisotopic (exact) mass is 617 g/mol. The lowest BCUT2D eigenvalue weighted by Gasteiger charge is -2.33. The summed E-state index contributed by atoms with van der Waals surface area (Å²) in [6.07, 6.45) is 12.6. The molecule has 9 rings (SSSR count). The van der Waals surface area contributed by atoms with Crippen LogP contribution in [0.4, 0.5) is 11.4 Å². The Balaban J connectivity index is 1.19. The molecule has 1 atom stereocenters. The molecule has 0 saturated heterocycles. The topological polar surface area (TPSA) is 16.4 Å². The Labute approximate surface area is 281 Å². The smallest absolute Gasteiger partial charge is 0.135 e. The first kappa shape index (κ1) is 28.4. The van der Waals surface area contributed by atoms with Crippen molar-refractivity contribution in [2.45, 2.75) is 25.2 Å². The predicted molar refractivity (Wildman–Crippen MR) is 201 cm³/mol. The van der Waals surface area contributed by atoms with E-state index in [1.165, 1.54) is 50.3 Å². The molecule has 2 heteroatoms. The molecule has 6 aromatic carbocycles. The number of fused-ring (bicyclic) bond motifs is 4. The summed E-state index contributed by atoms with van der Waals surface area (Å²) in [5.41, 5.74) is 14.4. The fraction of sp³-hybridized carbons (Fsp3) is 0.0870. The Morgan fingerprint density at radius 3 is 2.21 bits per heavy atom. The van der Waals surface area contributed by atoms with Crippen molar-refractivity contribution in [1.82, 2.24) is 0 Å². The van der Waals surface area contributed by atoms with Crippen LogP contribution in [0.25, 0.3) is 44.7 Å². The Kier molecular flexibility index (Phi) is 7.13. The standard InChI is InChI=1S/C46H35NO/c1-3-12-32(13-4-1)37-28-38(33-14-5-2-6-15-33)30-40(29-37)47(44-20-11-17-35-16-7-8-18-41(35)44)39-25-22-34(23-26-39)36-24-27-46-43(31-36)42-19-9-10-21-45(42)48-46/h1-6,8-15,17-27,29-31,37H,7,16,28H2. The number of hydrogen-bond acceptors (Lipinski definition) is 2. The predicted octanol–water partition coefficient (Wildman–Crippen LogP) is 12.5. The van der Waals surface area contributed by atoms with Crippen LogP contribution in [0.2, 0.25) is 0 Å². The van der Waals surface area contributed by atoms with Crippen molar-refractivity contribution in [1.29, 1.82) is 0 Å². The van der Waals surface area contributed by atoms with Crippen LogP contribution < -0.4 is 4.90 Å². The summed E-state index contributed by atoms with van der Waals surface area (Å²) >= 11 is 0. The highest BCUT2D eigenvalue weighted by Crippen LogP contribution is 2.43. The molecule has 230 valence electrons. The molecule has 0 saturated carbocycles. The molecule has 0 spiro atoms. The number of rotatable bonds is 6. The summed E-state index contributed by atoms with van der Waals surface area (Å²) in [6.45, 7) is 0. The number of benzene rings is 6. The molecular formula is C46H35NO. The van der Waals surface area contributed by atoms with Gasteiger partial charge in [0.2, 0.25) is 0 Å². The molecule has 1 heterocycles. The van der Waals surface area contributed by atoms with Crippen LogP contribution in [-0.4, -0.2) is 0 Å². The van der Waals surface area contributed by atoms with Gasteiger partial charge in [0.1, 0.15) is 11.2 Å². The molecule has 48 heavy (non-hydrogen) atoms. The van der Waals surface area contributed by atoms with E-state index in [-0.39, 0.29) is 5.92 Å². The van der Waals surface area contributed by atoms with Crippen LogP contribution in [0.5, 0.6) is 0 Å². The minimum absolute atomic E-state index is 0.259. The first-order chi connectivity index (χ1) is 23.8. The van der Waals surface area contributed by atoms with Gasteiger partial charge in [0.05, 0.1) is 5.69 Å². The van der Waals surface area contributed by atoms with Crippen LogP contribution in [0.15, 0.2) is 174 Å². The van der Waals surface area contributed by atoms with Gasteiger partial charge >= 0.3 is 0 Å². The second-order valence-electron chi connectivity index (χ2n) is 12.8. The number of allylic oxidation sites excluding steroid dienone is 4. The van der Waals surface area contributed by atoms with Crippen molar-refractivity contribution < 1.29 is 4.42 Å². The number of nitrogens with zero attached hydrogens (tertiary/aromatic N) is 1. The van der Waals surface area contributed by atoms with Gasteiger partial charge in [0.15, 0.2) is 0 Å². The Morgan fingerprint density at radius 1 is 0.604 bits per heavy atom. The average molecular weight is 618 g/mol. The van der Waals surface area contributed by atoms with Gasteiger partial charge in [-0.05, 0) is 95.1 Å². The van der Waals surface area contributed by atoms with E-state index < -0.39 is 0 Å². The first-order valence-corrected chi connectivity index (χ1v) is 16.9. The maximum Gasteiger partial charge on any atom is 0.135 e. The minimum Gasteiger partial charge on any atom is -0.456 e. The highest BCUT2D eigenvalue weighted by molar-refractivity contribution is 6.06. The van der Waals surface area contributed by atoms with E-state index >= 15 is 0 Å². The molecule has 1 unspecified atom stereocenters. The number of furan rings is 1. The van der Waals surface area contributed by atoms with Gasteiger partial charge in [-0.3, -0.25) is 0 Å². The highest BCUT2D eigenvalue weighted by atomic mass is 16.3. The number of hydrogen-bond donors (Lipinski definition) is 0. The molecule has 0 fully saturated rings. The van der Waals surface area contributed by atoms with Crippen molar-refractivity contribution in [3.05, 3.63) is 192 Å². The zero-order valence-corrected chi connectivity index (χ0v) is 26.7. The Morgan fingerprint density at radius 2 is 1.35 bits per heavy atom. The Bertz CT molecular complexity index is 2360. The van der Waals surface area contributed by atoms with E-state index in [4.69, 9.17) is 4.42 Å². The number of aryl methyl sites for hydroxylation is 1. The largest absolute Gasteiger partial charge is 0.456 e. The zero-order valence-electron chi connectivity index (χ0n) is 26.7. The molecule has 0 amide bonds. The SMILES string of the molecule is C1=Cc2c(cccc2N(C2=CC(c3ccccc3)CC(c3ccccc3)=C2)c2ccc(-c3ccc4oc5ccccc5c4c3)cc2)CC1. The maximum absolute atomic E-state index is 6.11. The highest BCUT2D eigenvalue weighted by Gasteiger charge is 2.25. The minimum atomic E-state index is 0.259. The summed E-state index contributed by atoms with van der Waals surface area (Å²) in [5, 5.41) is 2.30. The molecule has 0 bridgehead atoms. The summed E-state index contributed by atoms with van der Waals surface area (Å²) in [4.78, 5) is 2.48. The van der Waals surface area contributed by atoms with Crippen LogP contribution >= 0.6 is 0 Å². The number of anilines is 2. The van der Waals surface area contributed by atoms with Gasteiger partial charge in [-0.15, -0.1) is 0 Å². The van der Waals surface area contributed by atoms with Gasteiger partial charge in [0, 0.05) is 33.6 Å². The van der Waals surface area contributed by atoms with E-state index in [2.05, 4.69) is 163 Å². The van der Waals surface area contributed by atoms with E-state index in [9.17, 15) is 0 Å². The van der Waals surface area contributed by atoms with Gasteiger partial charge < -0.3 is 9.32 Å². The maximum atomic E-state index is 6.11. The van der Waals surface area contributed by atoms with E-state index in [0.29, 0.717) is 0 Å². The molecular weight excluding hydrogens is 583 g/mol. The second kappa shape index (κ2) is 12.1. The van der Waals surface area contributed by atoms with Crippen molar-refractivity contribution in [2.75, 3.05) is 4.90 Å². The van der Waals surface area contributed by atoms with E-state index in [1.54, 1.807) is 0 Å². The molecule has 0 radical (unpaired) electrons. The van der Waals surface area contributed by atoms with Crippen LogP contribution in [0.3, 0.4) is 0 Å². The van der Waals surface area contributed by atoms with Crippen molar-refractivity contribution in [3.63, 3.8) is 0 Å². The molecule has 2 nitrogen and oxygen atoms in total. The van der Waals surface area contributed by atoms with Crippen LogP contribution in [0.1, 0.15) is 41.0 Å². The van der Waals surface area contributed by atoms with Gasteiger partial charge in [0.25, 0.3) is 0 Å². The van der Waals surface area contributed by atoms with Gasteiger partial charge in [-0.25, -0.2) is 0 Å². The molecule has 0 aliphatic heterocycles. The fourth-order valence-electron chi connectivity index (χ4n) is 7.48. The van der Waals surface area contributed by atoms with E-state index in [1.807, 2.05) is 12.1 Å². The average Bonchev–Trinajstić information content (AvgIpc) is 3.54. The lowest BCUT2D eigenvalue weighted by Crippen LogP contribution is -2.20. The third-order valence-electron chi connectivity index (χ3n) is 9.88. The quantitative estimate of drug-likeness (QED) is 0.185. The van der Waals surface area contributed by atoms with Gasteiger partial charge in [-0.2, -0.15) is 0 Å². The van der Waals surface area contributed by atoms with Crippen LogP contribution in [0, 0.1) is 0 Å². The third kappa shape index (κ3) is 5.16. The number of para-hydroxylation sites is 1. The lowest BCUT2D eigenvalue weighted by molar-refractivity contribution is 0.669. The molecule has 0 N–H and O–H groups in total. The molecule has 7 aromatic rings. The lowest BCUT2D eigenvalue weighted by atomic mass is 9.84. The summed E-state index contributed by atoms with van der Waals surface area (Å²) in [7, 11) is 0. The Hall–Kier alpha value is -5.86. The van der Waals surface area contributed by atoms with Crippen LogP contribution in [-0.2, 0) is 6.42 Å². The van der Waals surface area contributed by atoms with E-state index in [0.717, 1.165) is 46.9 Å². The summed E-state index contributed by atoms with van der Waals surface area (Å²) in [6, 6.07) is 52.5. The van der Waals surface area contributed by atoms with Crippen molar-refractivity contribution in [2.24, 2.45) is 0 Å². The zero-order chi connectivity index (χ0) is 31.9. The molecule has 1 aromatic heterocycles. The summed E-state index contributed by atoms with van der Waals surface area (Å²) in [5.74, 6) is 0.259. The fourth-order valence-corrected chi connectivity index (χ4v) is 7.48. The third-order valence-corrected chi connectivity index (χ3v) is 9.88. The van der Waals surface area contributed by atoms with Crippen molar-refractivity contribution in [3.8, 4) is 11.1 Å². The normalized spacial score (nSPS) is 15.6. The van der Waals surface area contributed by atoms with Gasteiger partial charge in [-0.1, -0.05) is 127 Å². The summed E-state index contributed by atoms with van der Waals surface area (Å²) < 4.78 is 6.11. The van der Waals surface area contributed by atoms with Crippen molar-refractivity contribution >= 4 is 45.0 Å². The molecule has 2 aliphatic rings. The first-order valence-electron chi connectivity index (χ1n) is 16.9. The second-order valence-corrected chi connectivity index (χ2v) is 12.8.